The second-order valence-electron chi connectivity index (χ2n) is 8.59. The second-order valence-corrected chi connectivity index (χ2v) is 8.59. The van der Waals surface area contributed by atoms with Gasteiger partial charge in [0.25, 0.3) is 0 Å². The molecule has 0 saturated heterocycles. The third-order valence-corrected chi connectivity index (χ3v) is 6.23. The van der Waals surface area contributed by atoms with E-state index >= 15 is 0 Å². The first kappa shape index (κ1) is 25.4. The maximum atomic E-state index is 13.8. The van der Waals surface area contributed by atoms with E-state index in [2.05, 4.69) is 4.98 Å². The van der Waals surface area contributed by atoms with Crippen LogP contribution in [0.2, 0.25) is 0 Å². The van der Waals surface area contributed by atoms with Crippen molar-refractivity contribution in [2.24, 2.45) is 11.3 Å². The van der Waals surface area contributed by atoms with Gasteiger partial charge < -0.3 is 14.2 Å². The molecule has 10 heteroatoms. The van der Waals surface area contributed by atoms with Crippen LogP contribution in [0.15, 0.2) is 48.5 Å². The highest BCUT2D eigenvalue weighted by Crippen LogP contribution is 2.56. The smallest absolute Gasteiger partial charge is 0.433 e. The number of ether oxygens (including phenoxy) is 3. The molecule has 2 unspecified atom stereocenters. The number of esters is 2. The van der Waals surface area contributed by atoms with Gasteiger partial charge in [0, 0.05) is 10.9 Å². The lowest BCUT2D eigenvalue weighted by Crippen LogP contribution is -2.26. The predicted molar refractivity (Wildman–Crippen MR) is 120 cm³/mol. The highest BCUT2D eigenvalue weighted by atomic mass is 19.4. The number of aromatic nitrogens is 1. The second kappa shape index (κ2) is 9.75. The molecule has 3 aromatic rings. The van der Waals surface area contributed by atoms with Crippen LogP contribution in [0.4, 0.5) is 17.6 Å². The number of carbonyl (C=O) groups excluding carboxylic acids is 2. The maximum Gasteiger partial charge on any atom is 0.433 e. The topological polar surface area (TPSA) is 74.7 Å². The average Bonchev–Trinajstić information content (AvgIpc) is 3.57. The number of methoxy groups -OCH3 is 1. The molecule has 1 aliphatic carbocycles. The molecule has 1 fully saturated rings. The number of hydrogen-bond acceptors (Lipinski definition) is 6. The lowest BCUT2D eigenvalue weighted by atomic mass is 9.93. The summed E-state index contributed by atoms with van der Waals surface area (Å²) in [4.78, 5) is 28.2. The van der Waals surface area contributed by atoms with Crippen molar-refractivity contribution in [1.82, 2.24) is 4.98 Å². The molecule has 0 spiro atoms. The fourth-order valence-corrected chi connectivity index (χ4v) is 4.29. The molecular formula is C26H23F4NO5. The van der Waals surface area contributed by atoms with E-state index in [1.807, 2.05) is 0 Å². The molecule has 1 heterocycles. The molecule has 190 valence electrons. The zero-order valence-electron chi connectivity index (χ0n) is 19.5. The van der Waals surface area contributed by atoms with Gasteiger partial charge in [0.05, 0.1) is 30.6 Å². The molecule has 1 aliphatic rings. The fraction of sp³-hybridized carbons (Fsp3) is 0.346. The van der Waals surface area contributed by atoms with Gasteiger partial charge in [0.2, 0.25) is 0 Å². The van der Waals surface area contributed by atoms with E-state index in [4.69, 9.17) is 14.2 Å². The molecule has 0 bridgehead atoms. The van der Waals surface area contributed by atoms with Crippen LogP contribution in [-0.4, -0.2) is 30.6 Å². The van der Waals surface area contributed by atoms with Gasteiger partial charge in [-0.1, -0.05) is 12.1 Å². The highest BCUT2D eigenvalue weighted by molar-refractivity contribution is 5.91. The van der Waals surface area contributed by atoms with Gasteiger partial charge in [-0.2, -0.15) is 13.2 Å². The summed E-state index contributed by atoms with van der Waals surface area (Å²) in [7, 11) is 1.26. The number of pyridine rings is 1. The third kappa shape index (κ3) is 5.12. The number of halogens is 4. The van der Waals surface area contributed by atoms with Crippen molar-refractivity contribution in [2.75, 3.05) is 13.7 Å². The number of hydrogen-bond donors (Lipinski definition) is 0. The summed E-state index contributed by atoms with van der Waals surface area (Å²) in [6.07, 6.45) is -4.09. The Kier molecular flexibility index (Phi) is 6.88. The van der Waals surface area contributed by atoms with Crippen molar-refractivity contribution in [1.29, 1.82) is 0 Å². The first-order valence-electron chi connectivity index (χ1n) is 11.2. The Balaban J connectivity index is 1.51. The predicted octanol–water partition coefficient (Wildman–Crippen LogP) is 5.26. The Bertz CT molecular complexity index is 1290. The lowest BCUT2D eigenvalue weighted by molar-refractivity contribution is -0.154. The SMILES string of the molecule is CCOC(=O)C1(Cc2ccc(OCc3cc(C(F)(F)F)nc4ccc(F)cc34)cc2)CC1C(=O)OC. The van der Waals surface area contributed by atoms with E-state index in [1.54, 1.807) is 31.2 Å². The van der Waals surface area contributed by atoms with E-state index in [9.17, 15) is 27.2 Å². The molecule has 0 aliphatic heterocycles. The molecule has 0 amide bonds. The van der Waals surface area contributed by atoms with Crippen molar-refractivity contribution in [3.63, 3.8) is 0 Å². The van der Waals surface area contributed by atoms with E-state index in [1.165, 1.54) is 13.2 Å². The summed E-state index contributed by atoms with van der Waals surface area (Å²) < 4.78 is 69.3. The molecular weight excluding hydrogens is 482 g/mol. The molecule has 1 aromatic heterocycles. The quantitative estimate of drug-likeness (QED) is 0.307. The summed E-state index contributed by atoms with van der Waals surface area (Å²) in [5, 5.41) is 0.221. The van der Waals surface area contributed by atoms with Crippen LogP contribution in [0.5, 0.6) is 5.75 Å². The zero-order valence-corrected chi connectivity index (χ0v) is 19.5. The van der Waals surface area contributed by atoms with E-state index in [-0.39, 0.29) is 36.1 Å². The Morgan fingerprint density at radius 1 is 1.11 bits per heavy atom. The largest absolute Gasteiger partial charge is 0.489 e. The average molecular weight is 505 g/mol. The first-order chi connectivity index (χ1) is 17.1. The van der Waals surface area contributed by atoms with Gasteiger partial charge in [0.15, 0.2) is 0 Å². The summed E-state index contributed by atoms with van der Waals surface area (Å²) in [6, 6.07) is 10.8. The number of benzene rings is 2. The summed E-state index contributed by atoms with van der Waals surface area (Å²) in [6.45, 7) is 1.62. The summed E-state index contributed by atoms with van der Waals surface area (Å²) >= 11 is 0. The van der Waals surface area contributed by atoms with E-state index in [0.29, 0.717) is 12.2 Å². The van der Waals surface area contributed by atoms with Crippen molar-refractivity contribution in [3.8, 4) is 5.75 Å². The van der Waals surface area contributed by atoms with Crippen LogP contribution in [-0.2, 0) is 38.3 Å². The van der Waals surface area contributed by atoms with Crippen LogP contribution < -0.4 is 4.74 Å². The minimum Gasteiger partial charge on any atom is -0.489 e. The van der Waals surface area contributed by atoms with Gasteiger partial charge in [0.1, 0.15) is 23.9 Å². The van der Waals surface area contributed by atoms with Crippen molar-refractivity contribution in [2.45, 2.75) is 32.5 Å². The fourth-order valence-electron chi connectivity index (χ4n) is 4.29. The Morgan fingerprint density at radius 2 is 1.83 bits per heavy atom. The lowest BCUT2D eigenvalue weighted by Gasteiger charge is -2.16. The first-order valence-corrected chi connectivity index (χ1v) is 11.2. The number of carbonyl (C=O) groups is 2. The molecule has 0 N–H and O–H groups in total. The van der Waals surface area contributed by atoms with Crippen LogP contribution in [0, 0.1) is 17.2 Å². The summed E-state index contributed by atoms with van der Waals surface area (Å²) in [5.74, 6) is -1.75. The Hall–Kier alpha value is -3.69. The van der Waals surface area contributed by atoms with Crippen molar-refractivity contribution in [3.05, 3.63) is 71.2 Å². The van der Waals surface area contributed by atoms with Crippen LogP contribution in [0.1, 0.15) is 30.2 Å². The standard InChI is InChI=1S/C26H23F4NO5/c1-3-35-24(33)25(13-20(25)23(32)34-2)12-15-4-7-18(8-5-15)36-14-16-10-22(26(28,29)30)31-21-9-6-17(27)11-19(16)21/h4-11,20H,3,12-14H2,1-2H3. The van der Waals surface area contributed by atoms with Crippen LogP contribution >= 0.6 is 0 Å². The van der Waals surface area contributed by atoms with Gasteiger partial charge in [-0.15, -0.1) is 0 Å². The van der Waals surface area contributed by atoms with Gasteiger partial charge in [-0.05, 0) is 61.7 Å². The Morgan fingerprint density at radius 3 is 2.47 bits per heavy atom. The summed E-state index contributed by atoms with van der Waals surface area (Å²) in [5.41, 5.74) is -1.19. The third-order valence-electron chi connectivity index (χ3n) is 6.23. The molecule has 6 nitrogen and oxygen atoms in total. The molecule has 4 rings (SSSR count). The monoisotopic (exact) mass is 505 g/mol. The molecule has 2 atom stereocenters. The van der Waals surface area contributed by atoms with E-state index < -0.39 is 41.0 Å². The number of rotatable bonds is 8. The number of nitrogens with zero attached hydrogens (tertiary/aromatic N) is 1. The normalized spacial score (nSPS) is 19.1. The van der Waals surface area contributed by atoms with Crippen LogP contribution in [0.25, 0.3) is 10.9 Å². The number of alkyl halides is 3. The van der Waals surface area contributed by atoms with Crippen molar-refractivity contribution < 1.29 is 41.4 Å². The minimum absolute atomic E-state index is 0.00836. The minimum atomic E-state index is -4.67. The van der Waals surface area contributed by atoms with Gasteiger partial charge in [-0.3, -0.25) is 9.59 Å². The molecule has 1 saturated carbocycles. The number of fused-ring (bicyclic) bond motifs is 1. The molecule has 36 heavy (non-hydrogen) atoms. The Labute approximate surface area is 204 Å². The van der Waals surface area contributed by atoms with Crippen molar-refractivity contribution >= 4 is 22.8 Å². The van der Waals surface area contributed by atoms with E-state index in [0.717, 1.165) is 23.8 Å². The van der Waals surface area contributed by atoms with Crippen LogP contribution in [0.3, 0.4) is 0 Å². The zero-order chi connectivity index (χ0) is 26.1. The molecule has 0 radical (unpaired) electrons. The highest BCUT2D eigenvalue weighted by Gasteiger charge is 2.65. The van der Waals surface area contributed by atoms with Gasteiger partial charge in [-0.25, -0.2) is 9.37 Å². The van der Waals surface area contributed by atoms with Gasteiger partial charge >= 0.3 is 18.1 Å². The maximum absolute atomic E-state index is 13.8. The molecule has 2 aromatic carbocycles.